The molecule has 9 aromatic rings. The number of para-hydroxylation sites is 5. The molecule has 0 amide bonds. The van der Waals surface area contributed by atoms with E-state index >= 15 is 0 Å². The number of benzene rings is 6. The molecule has 0 saturated heterocycles. The second-order valence-electron chi connectivity index (χ2n) is 10.5. The zero-order chi connectivity index (χ0) is 26.9. The Labute approximate surface area is 235 Å². The maximum absolute atomic E-state index is 6.24. The summed E-state index contributed by atoms with van der Waals surface area (Å²) in [6.45, 7) is 0. The lowest BCUT2D eigenvalue weighted by molar-refractivity contribution is 0.669. The molecule has 9 rings (SSSR count). The Morgan fingerprint density at radius 2 is 1.12 bits per heavy atom. The van der Waals surface area contributed by atoms with Crippen molar-refractivity contribution in [1.29, 1.82) is 0 Å². The molecule has 0 bridgehead atoms. The number of furan rings is 1. The molecule has 0 fully saturated rings. The van der Waals surface area contributed by atoms with Crippen LogP contribution in [0.15, 0.2) is 144 Å². The van der Waals surface area contributed by atoms with Gasteiger partial charge in [0.2, 0.25) is 0 Å². The Bertz CT molecular complexity index is 2410. The van der Waals surface area contributed by atoms with Crippen molar-refractivity contribution in [3.8, 4) is 22.8 Å². The van der Waals surface area contributed by atoms with Gasteiger partial charge in [0.15, 0.2) is 0 Å². The van der Waals surface area contributed by atoms with E-state index in [-0.39, 0.29) is 0 Å². The molecule has 3 heterocycles. The van der Waals surface area contributed by atoms with Crippen LogP contribution in [0.1, 0.15) is 0 Å². The van der Waals surface area contributed by atoms with E-state index in [0.717, 1.165) is 61.3 Å². The van der Waals surface area contributed by atoms with Gasteiger partial charge in [-0.3, -0.25) is 4.57 Å². The molecule has 0 atom stereocenters. The topological polar surface area (TPSA) is 35.9 Å². The van der Waals surface area contributed by atoms with Gasteiger partial charge in [0, 0.05) is 38.5 Å². The average molecular weight is 526 g/mol. The van der Waals surface area contributed by atoms with E-state index < -0.39 is 0 Å². The predicted molar refractivity (Wildman–Crippen MR) is 168 cm³/mol. The van der Waals surface area contributed by atoms with E-state index in [1.165, 1.54) is 16.3 Å². The van der Waals surface area contributed by atoms with Crippen molar-refractivity contribution in [1.82, 2.24) is 14.1 Å². The molecule has 6 aromatic carbocycles. The van der Waals surface area contributed by atoms with Crippen LogP contribution in [0.2, 0.25) is 0 Å². The normalized spacial score (nSPS) is 11.9. The maximum atomic E-state index is 6.24. The third-order valence-corrected chi connectivity index (χ3v) is 8.13. The third-order valence-electron chi connectivity index (χ3n) is 8.13. The minimum absolute atomic E-state index is 0.914. The first-order valence-electron chi connectivity index (χ1n) is 13.8. The van der Waals surface area contributed by atoms with Crippen molar-refractivity contribution in [3.63, 3.8) is 0 Å². The fraction of sp³-hybridized carbons (Fsp3) is 0. The van der Waals surface area contributed by atoms with Gasteiger partial charge in [0.1, 0.15) is 17.0 Å². The van der Waals surface area contributed by atoms with Crippen LogP contribution in [0.25, 0.3) is 77.5 Å². The number of rotatable bonds is 3. The summed E-state index contributed by atoms with van der Waals surface area (Å²) in [5.41, 5.74) is 9.50. The van der Waals surface area contributed by atoms with E-state index in [1.807, 2.05) is 24.3 Å². The zero-order valence-electron chi connectivity index (χ0n) is 22.0. The van der Waals surface area contributed by atoms with Gasteiger partial charge in [-0.25, -0.2) is 4.98 Å². The highest BCUT2D eigenvalue weighted by Crippen LogP contribution is 2.38. The van der Waals surface area contributed by atoms with Crippen LogP contribution >= 0.6 is 0 Å². The molecule has 3 aromatic heterocycles. The van der Waals surface area contributed by atoms with Crippen LogP contribution in [0, 0.1) is 0 Å². The molecule has 0 spiro atoms. The van der Waals surface area contributed by atoms with Gasteiger partial charge in [-0.2, -0.15) is 0 Å². The molecule has 0 aliphatic heterocycles. The van der Waals surface area contributed by atoms with Crippen molar-refractivity contribution in [2.75, 3.05) is 0 Å². The van der Waals surface area contributed by atoms with Gasteiger partial charge in [0.25, 0.3) is 0 Å². The van der Waals surface area contributed by atoms with Crippen molar-refractivity contribution in [3.05, 3.63) is 140 Å². The minimum Gasteiger partial charge on any atom is -0.456 e. The molecule has 4 heteroatoms. The second kappa shape index (κ2) is 8.44. The number of fused-ring (bicyclic) bond motifs is 7. The van der Waals surface area contributed by atoms with Crippen LogP contribution in [0.3, 0.4) is 0 Å². The van der Waals surface area contributed by atoms with Gasteiger partial charge in [-0.15, -0.1) is 0 Å². The Kier molecular flexibility index (Phi) is 4.58. The van der Waals surface area contributed by atoms with Crippen molar-refractivity contribution in [2.45, 2.75) is 0 Å². The quantitative estimate of drug-likeness (QED) is 0.230. The molecular formula is C37H23N3O. The molecule has 0 N–H and O–H groups in total. The summed E-state index contributed by atoms with van der Waals surface area (Å²) < 4.78 is 10.8. The van der Waals surface area contributed by atoms with Crippen LogP contribution in [0.5, 0.6) is 0 Å². The summed E-state index contributed by atoms with van der Waals surface area (Å²) in [5.74, 6) is 0.928. The SMILES string of the molecule is c1ccc(-n2c(-c3ccc(-n4c5ccccc5c5cc6oc7ccccc7c6cc54)cc3)nc3ccccc32)cc1. The van der Waals surface area contributed by atoms with Gasteiger partial charge in [-0.1, -0.05) is 66.7 Å². The average Bonchev–Trinajstić information content (AvgIpc) is 3.70. The van der Waals surface area contributed by atoms with Gasteiger partial charge in [0.05, 0.1) is 22.1 Å². The molecule has 0 saturated carbocycles. The summed E-state index contributed by atoms with van der Waals surface area (Å²) in [7, 11) is 0. The lowest BCUT2D eigenvalue weighted by atomic mass is 10.1. The van der Waals surface area contributed by atoms with Gasteiger partial charge < -0.3 is 8.98 Å². The first-order chi connectivity index (χ1) is 20.3. The molecule has 0 aliphatic carbocycles. The molecule has 192 valence electrons. The Balaban J connectivity index is 1.26. The highest BCUT2D eigenvalue weighted by Gasteiger charge is 2.18. The summed E-state index contributed by atoms with van der Waals surface area (Å²) >= 11 is 0. The first kappa shape index (κ1) is 22.2. The number of hydrogen-bond acceptors (Lipinski definition) is 2. The summed E-state index contributed by atoms with van der Waals surface area (Å²) in [6, 6.07) is 48.8. The van der Waals surface area contributed by atoms with Gasteiger partial charge in [-0.05, 0) is 72.8 Å². The Morgan fingerprint density at radius 3 is 1.98 bits per heavy atom. The Hall–Kier alpha value is -5.61. The third kappa shape index (κ3) is 3.25. The molecular weight excluding hydrogens is 502 g/mol. The number of imidazole rings is 1. The fourth-order valence-electron chi connectivity index (χ4n) is 6.28. The van der Waals surface area contributed by atoms with Crippen molar-refractivity contribution in [2.24, 2.45) is 0 Å². The number of aromatic nitrogens is 3. The second-order valence-corrected chi connectivity index (χ2v) is 10.5. The minimum atomic E-state index is 0.914. The monoisotopic (exact) mass is 525 g/mol. The van der Waals surface area contributed by atoms with E-state index in [0.29, 0.717) is 0 Å². The fourth-order valence-corrected chi connectivity index (χ4v) is 6.28. The van der Waals surface area contributed by atoms with Crippen LogP contribution < -0.4 is 0 Å². The molecule has 4 nitrogen and oxygen atoms in total. The lowest BCUT2D eigenvalue weighted by Crippen LogP contribution is -1.98. The van der Waals surface area contributed by atoms with Crippen molar-refractivity contribution >= 4 is 54.8 Å². The lowest BCUT2D eigenvalue weighted by Gasteiger charge is -2.11. The van der Waals surface area contributed by atoms with Crippen molar-refractivity contribution < 1.29 is 4.42 Å². The van der Waals surface area contributed by atoms with E-state index in [9.17, 15) is 0 Å². The highest BCUT2D eigenvalue weighted by molar-refractivity contribution is 6.17. The van der Waals surface area contributed by atoms with Crippen LogP contribution in [-0.4, -0.2) is 14.1 Å². The van der Waals surface area contributed by atoms with E-state index in [1.54, 1.807) is 0 Å². The summed E-state index contributed by atoms with van der Waals surface area (Å²) in [5, 5.41) is 4.66. The maximum Gasteiger partial charge on any atom is 0.145 e. The first-order valence-corrected chi connectivity index (χ1v) is 13.8. The predicted octanol–water partition coefficient (Wildman–Crippen LogP) is 9.69. The van der Waals surface area contributed by atoms with Gasteiger partial charge >= 0.3 is 0 Å². The molecule has 0 aliphatic rings. The standard InChI is InChI=1S/C37H23N3O/c1-2-10-25(11-3-1)40-33-16-8-6-14-31(33)38-37(40)24-18-20-26(21-19-24)39-32-15-7-4-12-27(32)29-23-36-30(22-34(29)39)28-13-5-9-17-35(28)41-36/h1-23H. The molecule has 41 heavy (non-hydrogen) atoms. The van der Waals surface area contributed by atoms with Crippen LogP contribution in [0.4, 0.5) is 0 Å². The largest absolute Gasteiger partial charge is 0.456 e. The van der Waals surface area contributed by atoms with E-state index in [4.69, 9.17) is 9.40 Å². The van der Waals surface area contributed by atoms with Crippen LogP contribution in [-0.2, 0) is 0 Å². The Morgan fingerprint density at radius 1 is 0.439 bits per heavy atom. The summed E-state index contributed by atoms with van der Waals surface area (Å²) in [4.78, 5) is 5.05. The summed E-state index contributed by atoms with van der Waals surface area (Å²) in [6.07, 6.45) is 0. The number of hydrogen-bond donors (Lipinski definition) is 0. The van der Waals surface area contributed by atoms with E-state index in [2.05, 4.69) is 124 Å². The smallest absolute Gasteiger partial charge is 0.145 e. The number of nitrogens with zero attached hydrogens (tertiary/aromatic N) is 3. The zero-order valence-corrected chi connectivity index (χ0v) is 22.0. The molecule has 0 unspecified atom stereocenters. The molecule has 0 radical (unpaired) electrons. The highest BCUT2D eigenvalue weighted by atomic mass is 16.3.